The van der Waals surface area contributed by atoms with Gasteiger partial charge in [-0.15, -0.1) is 0 Å². The number of carbonyl (C=O) groups excluding carboxylic acids is 1. The molecule has 1 fully saturated rings. The lowest BCUT2D eigenvalue weighted by Crippen LogP contribution is -2.42. The Bertz CT molecular complexity index is 433. The second kappa shape index (κ2) is 6.04. The zero-order valence-corrected chi connectivity index (χ0v) is 10.7. The van der Waals surface area contributed by atoms with E-state index in [0.29, 0.717) is 17.1 Å². The lowest BCUT2D eigenvalue weighted by molar-refractivity contribution is 0.0372. The normalized spacial score (nSPS) is 19.5. The molecule has 1 heterocycles. The van der Waals surface area contributed by atoms with Gasteiger partial charge in [0.1, 0.15) is 0 Å². The second-order valence-electron chi connectivity index (χ2n) is 4.14. The predicted octanol–water partition coefficient (Wildman–Crippen LogP) is 0.839. The quantitative estimate of drug-likeness (QED) is 0.757. The third kappa shape index (κ3) is 3.35. The zero-order chi connectivity index (χ0) is 13.0. The topological polar surface area (TPSA) is 76.4 Å². The molecule has 6 heteroatoms. The number of ether oxygens (including phenoxy) is 1. The molecule has 0 spiro atoms. The first kappa shape index (κ1) is 13.1. The minimum Gasteiger partial charge on any atom is -0.382 e. The number of amides is 1. The van der Waals surface area contributed by atoms with E-state index in [1.165, 1.54) is 0 Å². The maximum atomic E-state index is 11.0. The number of primary amides is 1. The molecule has 0 bridgehead atoms. The van der Waals surface area contributed by atoms with Crippen LogP contribution in [0.5, 0.6) is 0 Å². The summed E-state index contributed by atoms with van der Waals surface area (Å²) in [6, 6.07) is 5.09. The van der Waals surface area contributed by atoms with Gasteiger partial charge in [0, 0.05) is 25.3 Å². The highest BCUT2D eigenvalue weighted by Gasteiger charge is 2.13. The van der Waals surface area contributed by atoms with Gasteiger partial charge in [0.15, 0.2) is 0 Å². The zero-order valence-electron chi connectivity index (χ0n) is 9.91. The van der Waals surface area contributed by atoms with Crippen LogP contribution < -0.4 is 16.4 Å². The molecule has 1 aliphatic heterocycles. The fourth-order valence-electron chi connectivity index (χ4n) is 1.81. The standard InChI is InChI=1S/C12H16ClN3O2/c13-11-5-8(1-2-10(11)12(14)17)16-7-9-6-15-3-4-18-9/h1-2,5,9,15-16H,3-4,6-7H2,(H2,14,17). The summed E-state index contributed by atoms with van der Waals surface area (Å²) in [5.74, 6) is -0.522. The first-order valence-electron chi connectivity index (χ1n) is 5.82. The monoisotopic (exact) mass is 269 g/mol. The summed E-state index contributed by atoms with van der Waals surface area (Å²) in [5.41, 5.74) is 6.36. The van der Waals surface area contributed by atoms with Crippen LogP contribution in [-0.2, 0) is 4.74 Å². The highest BCUT2D eigenvalue weighted by Crippen LogP contribution is 2.20. The molecular formula is C12H16ClN3O2. The van der Waals surface area contributed by atoms with E-state index in [1.807, 2.05) is 0 Å². The maximum absolute atomic E-state index is 11.0. The number of anilines is 1. The Labute approximate surface area is 111 Å². The minimum absolute atomic E-state index is 0.147. The highest BCUT2D eigenvalue weighted by molar-refractivity contribution is 6.34. The van der Waals surface area contributed by atoms with Crippen LogP contribution in [0.4, 0.5) is 5.69 Å². The molecule has 4 N–H and O–H groups in total. The smallest absolute Gasteiger partial charge is 0.250 e. The molecule has 1 atom stereocenters. The number of rotatable bonds is 4. The summed E-state index contributed by atoms with van der Waals surface area (Å²) >= 11 is 5.96. The SMILES string of the molecule is NC(=O)c1ccc(NCC2CNCCO2)cc1Cl. The van der Waals surface area contributed by atoms with Gasteiger partial charge in [-0.05, 0) is 18.2 Å². The number of benzene rings is 1. The van der Waals surface area contributed by atoms with Crippen molar-refractivity contribution in [1.82, 2.24) is 5.32 Å². The fraction of sp³-hybridized carbons (Fsp3) is 0.417. The Morgan fingerprint density at radius 2 is 2.44 bits per heavy atom. The number of nitrogens with one attached hydrogen (secondary N) is 2. The molecule has 98 valence electrons. The summed E-state index contributed by atoms with van der Waals surface area (Å²) in [7, 11) is 0. The molecule has 1 amide bonds. The summed E-state index contributed by atoms with van der Waals surface area (Å²) < 4.78 is 5.56. The molecule has 1 unspecified atom stereocenters. The van der Waals surface area contributed by atoms with Gasteiger partial charge in [-0.25, -0.2) is 0 Å². The van der Waals surface area contributed by atoms with Gasteiger partial charge >= 0.3 is 0 Å². The van der Waals surface area contributed by atoms with E-state index in [4.69, 9.17) is 22.1 Å². The summed E-state index contributed by atoms with van der Waals surface area (Å²) in [6.45, 7) is 3.16. The lowest BCUT2D eigenvalue weighted by Gasteiger charge is -2.24. The van der Waals surface area contributed by atoms with E-state index in [2.05, 4.69) is 10.6 Å². The third-order valence-electron chi connectivity index (χ3n) is 2.77. The molecule has 0 radical (unpaired) electrons. The Morgan fingerprint density at radius 1 is 1.61 bits per heavy atom. The van der Waals surface area contributed by atoms with Crippen molar-refractivity contribution < 1.29 is 9.53 Å². The maximum Gasteiger partial charge on any atom is 0.250 e. The number of nitrogens with two attached hydrogens (primary N) is 1. The second-order valence-corrected chi connectivity index (χ2v) is 4.54. The van der Waals surface area contributed by atoms with Crippen LogP contribution >= 0.6 is 11.6 Å². The van der Waals surface area contributed by atoms with Crippen LogP contribution in [0.2, 0.25) is 5.02 Å². The van der Waals surface area contributed by atoms with Crippen LogP contribution in [-0.4, -0.2) is 38.3 Å². The van der Waals surface area contributed by atoms with Crippen molar-refractivity contribution in [1.29, 1.82) is 0 Å². The Balaban J connectivity index is 1.93. The molecule has 1 aromatic rings. The van der Waals surface area contributed by atoms with Crippen molar-refractivity contribution >= 4 is 23.2 Å². The van der Waals surface area contributed by atoms with Gasteiger partial charge in [-0.3, -0.25) is 4.79 Å². The molecule has 0 aliphatic carbocycles. The fourth-order valence-corrected chi connectivity index (χ4v) is 2.08. The van der Waals surface area contributed by atoms with Crippen molar-refractivity contribution in [2.24, 2.45) is 5.73 Å². The van der Waals surface area contributed by atoms with Gasteiger partial charge in [0.25, 0.3) is 0 Å². The summed E-state index contributed by atoms with van der Waals surface area (Å²) in [4.78, 5) is 11.0. The lowest BCUT2D eigenvalue weighted by atomic mass is 10.2. The van der Waals surface area contributed by atoms with Gasteiger partial charge in [-0.2, -0.15) is 0 Å². The Kier molecular flexibility index (Phi) is 4.41. The van der Waals surface area contributed by atoms with E-state index in [1.54, 1.807) is 18.2 Å². The van der Waals surface area contributed by atoms with Crippen molar-refractivity contribution in [3.8, 4) is 0 Å². The number of morpholine rings is 1. The molecule has 1 aliphatic rings. The number of halogens is 1. The summed E-state index contributed by atoms with van der Waals surface area (Å²) in [5, 5.41) is 6.83. The molecule has 1 saturated heterocycles. The van der Waals surface area contributed by atoms with Crippen LogP contribution in [0.3, 0.4) is 0 Å². The molecule has 1 aromatic carbocycles. The van der Waals surface area contributed by atoms with Crippen LogP contribution in [0.1, 0.15) is 10.4 Å². The van der Waals surface area contributed by atoms with E-state index < -0.39 is 5.91 Å². The van der Waals surface area contributed by atoms with Gasteiger partial charge in [0.2, 0.25) is 5.91 Å². The first-order valence-corrected chi connectivity index (χ1v) is 6.20. The van der Waals surface area contributed by atoms with E-state index in [0.717, 1.165) is 25.4 Å². The van der Waals surface area contributed by atoms with Crippen molar-refractivity contribution in [2.75, 3.05) is 31.6 Å². The molecular weight excluding hydrogens is 254 g/mol. The number of hydrogen-bond acceptors (Lipinski definition) is 4. The van der Waals surface area contributed by atoms with E-state index >= 15 is 0 Å². The van der Waals surface area contributed by atoms with Crippen molar-refractivity contribution in [3.63, 3.8) is 0 Å². The number of hydrogen-bond donors (Lipinski definition) is 3. The average Bonchev–Trinajstić information content (AvgIpc) is 2.37. The highest BCUT2D eigenvalue weighted by atomic mass is 35.5. The Morgan fingerprint density at radius 3 is 3.06 bits per heavy atom. The van der Waals surface area contributed by atoms with Gasteiger partial charge < -0.3 is 21.1 Å². The van der Waals surface area contributed by atoms with Crippen LogP contribution in [0.15, 0.2) is 18.2 Å². The first-order chi connectivity index (χ1) is 8.66. The molecule has 0 saturated carbocycles. The molecule has 2 rings (SSSR count). The molecule has 0 aromatic heterocycles. The molecule has 5 nitrogen and oxygen atoms in total. The van der Waals surface area contributed by atoms with Gasteiger partial charge in [0.05, 0.1) is 23.3 Å². The predicted molar refractivity (Wildman–Crippen MR) is 71.1 cm³/mol. The largest absolute Gasteiger partial charge is 0.382 e. The van der Waals surface area contributed by atoms with Crippen molar-refractivity contribution in [2.45, 2.75) is 6.10 Å². The molecule has 18 heavy (non-hydrogen) atoms. The van der Waals surface area contributed by atoms with E-state index in [9.17, 15) is 4.79 Å². The third-order valence-corrected chi connectivity index (χ3v) is 3.09. The van der Waals surface area contributed by atoms with Crippen LogP contribution in [0.25, 0.3) is 0 Å². The summed E-state index contributed by atoms with van der Waals surface area (Å²) in [6.07, 6.45) is 0.147. The van der Waals surface area contributed by atoms with E-state index in [-0.39, 0.29) is 6.10 Å². The average molecular weight is 270 g/mol. The van der Waals surface area contributed by atoms with Crippen molar-refractivity contribution in [3.05, 3.63) is 28.8 Å². The van der Waals surface area contributed by atoms with Crippen LogP contribution in [0, 0.1) is 0 Å². The van der Waals surface area contributed by atoms with Gasteiger partial charge in [-0.1, -0.05) is 11.6 Å². The number of carbonyl (C=O) groups is 1. The minimum atomic E-state index is -0.522. The Hall–Kier alpha value is -1.30.